The maximum absolute atomic E-state index is 7.20. The van der Waals surface area contributed by atoms with E-state index in [0.29, 0.717) is 5.84 Å². The molecule has 0 aromatic heterocycles. The van der Waals surface area contributed by atoms with Crippen LogP contribution in [0.15, 0.2) is 12.3 Å². The van der Waals surface area contributed by atoms with Gasteiger partial charge in [-0.2, -0.15) is 0 Å². The number of allylic oxidation sites excluding steroid dienone is 1. The number of unbranched alkanes of at least 4 members (excludes halogenated alkanes) is 4. The van der Waals surface area contributed by atoms with Gasteiger partial charge in [0.2, 0.25) is 0 Å². The van der Waals surface area contributed by atoms with Crippen molar-refractivity contribution >= 4 is 5.84 Å². The topological polar surface area (TPSA) is 47.9 Å². The highest BCUT2D eigenvalue weighted by atomic mass is 14.9. The van der Waals surface area contributed by atoms with Crippen molar-refractivity contribution in [3.05, 3.63) is 12.3 Å². The van der Waals surface area contributed by atoms with Crippen molar-refractivity contribution in [2.75, 3.05) is 13.1 Å². The first-order chi connectivity index (χ1) is 7.66. The molecule has 0 atom stereocenters. The molecule has 0 aliphatic heterocycles. The van der Waals surface area contributed by atoms with E-state index in [0.717, 1.165) is 25.2 Å². The van der Waals surface area contributed by atoms with E-state index in [1.165, 1.54) is 32.1 Å². The molecule has 0 fully saturated rings. The fourth-order valence-corrected chi connectivity index (χ4v) is 1.45. The Balaban J connectivity index is 3.04. The van der Waals surface area contributed by atoms with Crippen LogP contribution < -0.4 is 10.6 Å². The first-order valence-corrected chi connectivity index (χ1v) is 6.37. The summed E-state index contributed by atoms with van der Waals surface area (Å²) in [4.78, 5) is 0. The summed E-state index contributed by atoms with van der Waals surface area (Å²) in [6.07, 6.45) is 7.26. The third kappa shape index (κ3) is 11.1. The van der Waals surface area contributed by atoms with Crippen molar-refractivity contribution in [3.8, 4) is 0 Å². The van der Waals surface area contributed by atoms with Crippen molar-refractivity contribution in [1.29, 1.82) is 5.41 Å². The van der Waals surface area contributed by atoms with Gasteiger partial charge in [-0.25, -0.2) is 0 Å². The van der Waals surface area contributed by atoms with Gasteiger partial charge in [0.15, 0.2) is 0 Å². The maximum Gasteiger partial charge on any atom is 0.0899 e. The van der Waals surface area contributed by atoms with E-state index in [9.17, 15) is 0 Å². The van der Waals surface area contributed by atoms with Gasteiger partial charge in [-0.3, -0.25) is 5.41 Å². The van der Waals surface area contributed by atoms with Crippen LogP contribution >= 0.6 is 0 Å². The van der Waals surface area contributed by atoms with Crippen LogP contribution in [0, 0.1) is 5.41 Å². The number of rotatable bonds is 10. The van der Waals surface area contributed by atoms with Gasteiger partial charge in [-0.15, -0.1) is 0 Å². The summed E-state index contributed by atoms with van der Waals surface area (Å²) < 4.78 is 0. The molecule has 0 spiro atoms. The van der Waals surface area contributed by atoms with E-state index < -0.39 is 0 Å². The van der Waals surface area contributed by atoms with Crippen LogP contribution in [0.2, 0.25) is 0 Å². The molecule has 16 heavy (non-hydrogen) atoms. The molecule has 0 aromatic carbocycles. The second kappa shape index (κ2) is 10.5. The van der Waals surface area contributed by atoms with Gasteiger partial charge in [0.05, 0.1) is 5.84 Å². The molecule has 0 unspecified atom stereocenters. The van der Waals surface area contributed by atoms with Gasteiger partial charge in [-0.1, -0.05) is 32.8 Å². The van der Waals surface area contributed by atoms with Gasteiger partial charge >= 0.3 is 0 Å². The molecule has 0 heterocycles. The van der Waals surface area contributed by atoms with Crippen molar-refractivity contribution in [1.82, 2.24) is 10.6 Å². The van der Waals surface area contributed by atoms with Crippen LogP contribution in [0.1, 0.15) is 52.4 Å². The highest BCUT2D eigenvalue weighted by Gasteiger charge is 1.92. The minimum absolute atomic E-state index is 0.572. The Hall–Kier alpha value is -0.990. The Morgan fingerprint density at radius 3 is 2.00 bits per heavy atom. The average molecular weight is 225 g/mol. The van der Waals surface area contributed by atoms with Crippen LogP contribution in [0.5, 0.6) is 0 Å². The molecule has 3 N–H and O–H groups in total. The first-order valence-electron chi connectivity index (χ1n) is 6.37. The summed E-state index contributed by atoms with van der Waals surface area (Å²) in [5, 5.41) is 13.5. The number of nitrogens with one attached hydrogen (secondary N) is 3. The van der Waals surface area contributed by atoms with E-state index >= 15 is 0 Å². The van der Waals surface area contributed by atoms with Crippen molar-refractivity contribution < 1.29 is 0 Å². The van der Waals surface area contributed by atoms with E-state index in [4.69, 9.17) is 5.41 Å². The summed E-state index contributed by atoms with van der Waals surface area (Å²) in [6, 6.07) is 0. The molecular formula is C13H27N3. The smallest absolute Gasteiger partial charge is 0.0899 e. The third-order valence-electron chi connectivity index (χ3n) is 2.55. The lowest BCUT2D eigenvalue weighted by atomic mass is 10.1. The molecule has 3 nitrogen and oxygen atoms in total. The highest BCUT2D eigenvalue weighted by Crippen LogP contribution is 2.02. The number of amidine groups is 1. The summed E-state index contributed by atoms with van der Waals surface area (Å²) in [5.41, 5.74) is 1.14. The Labute approximate surface area is 100 Å². The van der Waals surface area contributed by atoms with E-state index in [-0.39, 0.29) is 0 Å². The molecule has 0 radical (unpaired) electrons. The monoisotopic (exact) mass is 225 g/mol. The van der Waals surface area contributed by atoms with Gasteiger partial charge in [0, 0.05) is 18.8 Å². The Morgan fingerprint density at radius 2 is 1.50 bits per heavy atom. The Kier molecular flexibility index (Phi) is 9.87. The molecule has 3 heteroatoms. The fourth-order valence-electron chi connectivity index (χ4n) is 1.45. The third-order valence-corrected chi connectivity index (χ3v) is 2.55. The molecule has 0 amide bonds. The molecule has 0 aliphatic rings. The molecule has 0 bridgehead atoms. The van der Waals surface area contributed by atoms with Crippen LogP contribution in [0.3, 0.4) is 0 Å². The van der Waals surface area contributed by atoms with Crippen LogP contribution in [0.4, 0.5) is 0 Å². The van der Waals surface area contributed by atoms with Gasteiger partial charge in [0.25, 0.3) is 0 Å². The lowest BCUT2D eigenvalue weighted by Crippen LogP contribution is -2.20. The minimum Gasteiger partial charge on any atom is -0.389 e. The summed E-state index contributed by atoms with van der Waals surface area (Å²) >= 11 is 0. The Morgan fingerprint density at radius 1 is 1.00 bits per heavy atom. The van der Waals surface area contributed by atoms with Gasteiger partial charge in [-0.05, 0) is 26.2 Å². The molecule has 0 aliphatic carbocycles. The van der Waals surface area contributed by atoms with Crippen molar-refractivity contribution in [2.45, 2.75) is 52.4 Å². The van der Waals surface area contributed by atoms with Crippen molar-refractivity contribution in [3.63, 3.8) is 0 Å². The van der Waals surface area contributed by atoms with Crippen LogP contribution in [0.25, 0.3) is 0 Å². The predicted molar refractivity (Wildman–Crippen MR) is 71.9 cm³/mol. The fraction of sp³-hybridized carbons (Fsp3) is 0.769. The lowest BCUT2D eigenvalue weighted by molar-refractivity contribution is 0.590. The van der Waals surface area contributed by atoms with Crippen molar-refractivity contribution in [2.24, 2.45) is 0 Å². The van der Waals surface area contributed by atoms with Crippen LogP contribution in [-0.4, -0.2) is 18.9 Å². The second-order valence-corrected chi connectivity index (χ2v) is 4.20. The SMILES string of the molecule is C=C(CC)NCCCCCCCNC(C)=N. The number of hydrogen-bond acceptors (Lipinski definition) is 2. The summed E-state index contributed by atoms with van der Waals surface area (Å²) in [5.74, 6) is 0.572. The minimum atomic E-state index is 0.572. The zero-order chi connectivity index (χ0) is 12.2. The normalized spacial score (nSPS) is 9.88. The van der Waals surface area contributed by atoms with Crippen LogP contribution in [-0.2, 0) is 0 Å². The van der Waals surface area contributed by atoms with Gasteiger partial charge < -0.3 is 10.6 Å². The molecule has 0 rings (SSSR count). The zero-order valence-corrected chi connectivity index (χ0v) is 10.9. The molecular weight excluding hydrogens is 198 g/mol. The number of hydrogen-bond donors (Lipinski definition) is 3. The Bertz CT molecular complexity index is 199. The molecule has 0 saturated carbocycles. The zero-order valence-electron chi connectivity index (χ0n) is 10.9. The molecule has 0 saturated heterocycles. The van der Waals surface area contributed by atoms with E-state index in [2.05, 4.69) is 24.1 Å². The highest BCUT2D eigenvalue weighted by molar-refractivity contribution is 5.75. The second-order valence-electron chi connectivity index (χ2n) is 4.20. The molecule has 0 aromatic rings. The van der Waals surface area contributed by atoms with E-state index in [1.807, 2.05) is 0 Å². The summed E-state index contributed by atoms with van der Waals surface area (Å²) in [6.45, 7) is 9.82. The molecule has 94 valence electrons. The lowest BCUT2D eigenvalue weighted by Gasteiger charge is -2.07. The van der Waals surface area contributed by atoms with E-state index in [1.54, 1.807) is 6.92 Å². The standard InChI is InChI=1S/C13H27N3/c1-4-12(2)15-10-8-6-5-7-9-11-16-13(3)14/h15H,2,4-11H2,1,3H3,(H2,14,16). The quantitative estimate of drug-likeness (QED) is 0.304. The summed E-state index contributed by atoms with van der Waals surface area (Å²) in [7, 11) is 0. The average Bonchev–Trinajstić information content (AvgIpc) is 2.26. The largest absolute Gasteiger partial charge is 0.389 e. The maximum atomic E-state index is 7.20. The predicted octanol–water partition coefficient (Wildman–Crippen LogP) is 3.04. The van der Waals surface area contributed by atoms with Gasteiger partial charge in [0.1, 0.15) is 0 Å². The first kappa shape index (κ1) is 15.0.